The van der Waals surface area contributed by atoms with Crippen LogP contribution in [0.4, 0.5) is 11.4 Å². The quantitative estimate of drug-likeness (QED) is 0.310. The summed E-state index contributed by atoms with van der Waals surface area (Å²) in [5.74, 6) is 1.43. The van der Waals surface area contributed by atoms with Crippen molar-refractivity contribution >= 4 is 17.3 Å². The minimum atomic E-state index is -0.122. The van der Waals surface area contributed by atoms with E-state index in [0.29, 0.717) is 13.2 Å². The maximum Gasteiger partial charge on any atom is 0.243 e. The zero-order chi connectivity index (χ0) is 21.7. The third-order valence-corrected chi connectivity index (χ3v) is 4.53. The largest absolute Gasteiger partial charge is 0.494 e. The van der Waals surface area contributed by atoms with Gasteiger partial charge >= 0.3 is 0 Å². The topological polar surface area (TPSA) is 59.6 Å². The molecule has 5 heteroatoms. The van der Waals surface area contributed by atoms with Crippen LogP contribution in [0.2, 0.25) is 0 Å². The highest BCUT2D eigenvalue weighted by molar-refractivity contribution is 5.93. The maximum absolute atomic E-state index is 12.2. The molecule has 0 saturated carbocycles. The first-order chi connectivity index (χ1) is 15.2. The van der Waals surface area contributed by atoms with Crippen molar-refractivity contribution in [2.45, 2.75) is 12.8 Å². The molecule has 0 spiro atoms. The Hall–Kier alpha value is -3.73. The Balaban J connectivity index is 1.35. The van der Waals surface area contributed by atoms with Crippen molar-refractivity contribution in [3.63, 3.8) is 0 Å². The summed E-state index contributed by atoms with van der Waals surface area (Å²) in [5, 5.41) is 5.97. The Morgan fingerprint density at radius 2 is 1.48 bits per heavy atom. The number of hydrogen-bond donors (Lipinski definition) is 2. The van der Waals surface area contributed by atoms with E-state index < -0.39 is 0 Å². The van der Waals surface area contributed by atoms with Gasteiger partial charge in [-0.25, -0.2) is 0 Å². The molecule has 0 unspecified atom stereocenters. The van der Waals surface area contributed by atoms with Gasteiger partial charge in [0.05, 0.1) is 13.2 Å². The summed E-state index contributed by atoms with van der Waals surface area (Å²) in [6.45, 7) is 4.91. The van der Waals surface area contributed by atoms with Crippen LogP contribution in [-0.4, -0.2) is 25.7 Å². The molecule has 0 atom stereocenters. The molecule has 31 heavy (non-hydrogen) atoms. The van der Waals surface area contributed by atoms with Crippen molar-refractivity contribution in [3.8, 4) is 11.5 Å². The normalized spacial score (nSPS) is 10.2. The van der Waals surface area contributed by atoms with Gasteiger partial charge in [-0.05, 0) is 66.9 Å². The Morgan fingerprint density at radius 1 is 0.839 bits per heavy atom. The lowest BCUT2D eigenvalue weighted by Gasteiger charge is -2.10. The standard InChI is InChI=1S/C26H28N2O3/c1-2-18-30-24-14-10-22(11-15-24)27-20-26(29)28-23-12-16-25(17-13-23)31-19-6-9-21-7-4-3-5-8-21/h2-5,7-8,10-17,27H,1,6,9,18-20H2,(H,28,29). The molecule has 0 radical (unpaired) electrons. The molecule has 0 bridgehead atoms. The van der Waals surface area contributed by atoms with Gasteiger partial charge in [-0.1, -0.05) is 43.0 Å². The van der Waals surface area contributed by atoms with Crippen molar-refractivity contribution in [3.05, 3.63) is 97.1 Å². The second-order valence-corrected chi connectivity index (χ2v) is 6.99. The highest BCUT2D eigenvalue weighted by Crippen LogP contribution is 2.17. The summed E-state index contributed by atoms with van der Waals surface area (Å²) in [6, 6.07) is 25.2. The average Bonchev–Trinajstić information content (AvgIpc) is 2.81. The summed E-state index contributed by atoms with van der Waals surface area (Å²) in [7, 11) is 0. The van der Waals surface area contributed by atoms with Gasteiger partial charge in [-0.15, -0.1) is 0 Å². The number of carbonyl (C=O) groups excluding carboxylic acids is 1. The molecule has 160 valence electrons. The second-order valence-electron chi connectivity index (χ2n) is 6.99. The first-order valence-electron chi connectivity index (χ1n) is 10.4. The highest BCUT2D eigenvalue weighted by Gasteiger charge is 2.03. The smallest absolute Gasteiger partial charge is 0.243 e. The SMILES string of the molecule is C=CCOc1ccc(NCC(=O)Nc2ccc(OCCCc3ccccc3)cc2)cc1. The van der Waals surface area contributed by atoms with E-state index in [1.807, 2.05) is 54.6 Å². The van der Waals surface area contributed by atoms with E-state index in [0.717, 1.165) is 35.7 Å². The summed E-state index contributed by atoms with van der Waals surface area (Å²) in [6.07, 6.45) is 3.64. The number of nitrogens with one attached hydrogen (secondary N) is 2. The van der Waals surface area contributed by atoms with Gasteiger partial charge < -0.3 is 20.1 Å². The van der Waals surface area contributed by atoms with Crippen LogP contribution < -0.4 is 20.1 Å². The van der Waals surface area contributed by atoms with E-state index in [1.54, 1.807) is 6.08 Å². The van der Waals surface area contributed by atoms with Crippen LogP contribution in [0.15, 0.2) is 91.5 Å². The van der Waals surface area contributed by atoms with Gasteiger partial charge in [0.15, 0.2) is 0 Å². The van der Waals surface area contributed by atoms with Crippen LogP contribution in [0.25, 0.3) is 0 Å². The molecule has 3 aromatic rings. The van der Waals surface area contributed by atoms with E-state index in [-0.39, 0.29) is 12.5 Å². The number of anilines is 2. The van der Waals surface area contributed by atoms with Crippen molar-refractivity contribution in [2.75, 3.05) is 30.4 Å². The monoisotopic (exact) mass is 416 g/mol. The number of rotatable bonds is 12. The van der Waals surface area contributed by atoms with Crippen LogP contribution in [0, 0.1) is 0 Å². The zero-order valence-electron chi connectivity index (χ0n) is 17.6. The molecule has 0 fully saturated rings. The third-order valence-electron chi connectivity index (χ3n) is 4.53. The van der Waals surface area contributed by atoms with Crippen LogP contribution in [0.3, 0.4) is 0 Å². The zero-order valence-corrected chi connectivity index (χ0v) is 17.6. The van der Waals surface area contributed by atoms with Crippen molar-refractivity contribution in [1.82, 2.24) is 0 Å². The summed E-state index contributed by atoms with van der Waals surface area (Å²) >= 11 is 0. The number of carbonyl (C=O) groups is 1. The van der Waals surface area contributed by atoms with Crippen molar-refractivity contribution < 1.29 is 14.3 Å². The van der Waals surface area contributed by atoms with Crippen molar-refractivity contribution in [2.24, 2.45) is 0 Å². The number of ether oxygens (including phenoxy) is 2. The molecule has 0 aromatic heterocycles. The van der Waals surface area contributed by atoms with Gasteiger partial charge in [0, 0.05) is 11.4 Å². The Labute approximate surface area is 183 Å². The summed E-state index contributed by atoms with van der Waals surface area (Å²) in [5.41, 5.74) is 2.90. The minimum Gasteiger partial charge on any atom is -0.494 e. The lowest BCUT2D eigenvalue weighted by molar-refractivity contribution is -0.114. The highest BCUT2D eigenvalue weighted by atomic mass is 16.5. The fourth-order valence-electron chi connectivity index (χ4n) is 2.96. The molecule has 3 aromatic carbocycles. The molecule has 0 saturated heterocycles. The van der Waals surface area contributed by atoms with E-state index in [2.05, 4.69) is 41.5 Å². The number of hydrogen-bond acceptors (Lipinski definition) is 4. The molecular formula is C26H28N2O3. The Bertz CT molecular complexity index is 939. The lowest BCUT2D eigenvalue weighted by atomic mass is 10.1. The fraction of sp³-hybridized carbons (Fsp3) is 0.192. The number of aryl methyl sites for hydroxylation is 1. The third kappa shape index (κ3) is 7.90. The molecule has 3 rings (SSSR count). The summed E-state index contributed by atoms with van der Waals surface area (Å²) in [4.78, 5) is 12.2. The van der Waals surface area contributed by atoms with E-state index in [1.165, 1.54) is 5.56 Å². The predicted octanol–water partition coefficient (Wildman–Crippen LogP) is 5.31. The Kier molecular flexibility index (Phi) is 8.56. The Morgan fingerprint density at radius 3 is 2.16 bits per heavy atom. The van der Waals surface area contributed by atoms with Crippen LogP contribution in [0.5, 0.6) is 11.5 Å². The first kappa shape index (κ1) is 22.0. The van der Waals surface area contributed by atoms with Crippen LogP contribution in [-0.2, 0) is 11.2 Å². The van der Waals surface area contributed by atoms with Gasteiger partial charge in [0.2, 0.25) is 5.91 Å². The van der Waals surface area contributed by atoms with E-state index >= 15 is 0 Å². The molecule has 5 nitrogen and oxygen atoms in total. The molecule has 0 aliphatic heterocycles. The molecule has 2 N–H and O–H groups in total. The number of benzene rings is 3. The van der Waals surface area contributed by atoms with E-state index in [4.69, 9.17) is 9.47 Å². The first-order valence-corrected chi connectivity index (χ1v) is 10.4. The number of amides is 1. The maximum atomic E-state index is 12.2. The molecular weight excluding hydrogens is 388 g/mol. The van der Waals surface area contributed by atoms with Gasteiger partial charge in [-0.3, -0.25) is 4.79 Å². The van der Waals surface area contributed by atoms with Crippen LogP contribution in [0.1, 0.15) is 12.0 Å². The molecule has 0 heterocycles. The average molecular weight is 417 g/mol. The van der Waals surface area contributed by atoms with Crippen molar-refractivity contribution in [1.29, 1.82) is 0 Å². The van der Waals surface area contributed by atoms with Gasteiger partial charge in [0.1, 0.15) is 18.1 Å². The summed E-state index contributed by atoms with van der Waals surface area (Å²) < 4.78 is 11.2. The predicted molar refractivity (Wildman–Crippen MR) is 126 cm³/mol. The molecule has 0 aliphatic rings. The van der Waals surface area contributed by atoms with Gasteiger partial charge in [-0.2, -0.15) is 0 Å². The fourth-order valence-corrected chi connectivity index (χ4v) is 2.96. The molecule has 1 amide bonds. The second kappa shape index (κ2) is 12.1. The van der Waals surface area contributed by atoms with Gasteiger partial charge in [0.25, 0.3) is 0 Å². The minimum absolute atomic E-state index is 0.122. The lowest BCUT2D eigenvalue weighted by Crippen LogP contribution is -2.21. The van der Waals surface area contributed by atoms with E-state index in [9.17, 15) is 4.79 Å². The molecule has 0 aliphatic carbocycles. The van der Waals surface area contributed by atoms with Crippen LogP contribution >= 0.6 is 0 Å².